The molecule has 0 atom stereocenters. The lowest BCUT2D eigenvalue weighted by Crippen LogP contribution is -2.04. The summed E-state index contributed by atoms with van der Waals surface area (Å²) in [4.78, 5) is 8.70. The molecule has 0 aliphatic rings. The maximum absolute atomic E-state index is 6.27. The van der Waals surface area contributed by atoms with Crippen LogP contribution in [0.3, 0.4) is 0 Å². The van der Waals surface area contributed by atoms with Crippen LogP contribution in [0.25, 0.3) is 11.0 Å². The summed E-state index contributed by atoms with van der Waals surface area (Å²) >= 11 is 7.42. The van der Waals surface area contributed by atoms with Crippen molar-refractivity contribution in [3.63, 3.8) is 0 Å². The molecule has 0 amide bonds. The van der Waals surface area contributed by atoms with Crippen molar-refractivity contribution in [3.05, 3.63) is 29.0 Å². The predicted molar refractivity (Wildman–Crippen MR) is 86.6 cm³/mol. The number of hydrogen-bond acceptors (Lipinski definition) is 7. The van der Waals surface area contributed by atoms with Crippen LogP contribution in [0.15, 0.2) is 18.2 Å². The van der Waals surface area contributed by atoms with E-state index in [1.165, 1.54) is 0 Å². The van der Waals surface area contributed by atoms with Crippen LogP contribution in [0.2, 0.25) is 5.02 Å². The molecule has 0 radical (unpaired) electrons. The van der Waals surface area contributed by atoms with E-state index in [-0.39, 0.29) is 0 Å². The van der Waals surface area contributed by atoms with Crippen LogP contribution < -0.4 is 10.6 Å². The molecule has 0 aliphatic heterocycles. The van der Waals surface area contributed by atoms with Gasteiger partial charge in [-0.2, -0.15) is 8.75 Å². The molecule has 0 saturated heterocycles. The van der Waals surface area contributed by atoms with E-state index in [0.717, 1.165) is 35.1 Å². The fraction of sp³-hybridized carbons (Fsp3) is 0.231. The molecule has 2 N–H and O–H groups in total. The molecule has 6 nitrogen and oxygen atoms in total. The van der Waals surface area contributed by atoms with Crippen LogP contribution in [0.1, 0.15) is 12.7 Å². The first kappa shape index (κ1) is 14.0. The smallest absolute Gasteiger partial charge is 0.136 e. The van der Waals surface area contributed by atoms with Gasteiger partial charge in [-0.15, -0.1) is 0 Å². The highest BCUT2D eigenvalue weighted by atomic mass is 35.5. The molecule has 0 saturated carbocycles. The Morgan fingerprint density at radius 3 is 2.81 bits per heavy atom. The van der Waals surface area contributed by atoms with Crippen LogP contribution in [0.5, 0.6) is 0 Å². The Hall–Kier alpha value is -1.99. The van der Waals surface area contributed by atoms with Crippen molar-refractivity contribution < 1.29 is 0 Å². The van der Waals surface area contributed by atoms with Gasteiger partial charge in [-0.25, -0.2) is 9.97 Å². The first-order valence-corrected chi connectivity index (χ1v) is 7.55. The second-order valence-electron chi connectivity index (χ2n) is 4.40. The molecular formula is C13H13ClN6S. The molecule has 2 heterocycles. The van der Waals surface area contributed by atoms with Crippen LogP contribution in [0.4, 0.5) is 17.3 Å². The lowest BCUT2D eigenvalue weighted by atomic mass is 10.2. The number of benzene rings is 1. The van der Waals surface area contributed by atoms with Gasteiger partial charge in [0.1, 0.15) is 28.5 Å². The fourth-order valence-electron chi connectivity index (χ4n) is 1.98. The van der Waals surface area contributed by atoms with E-state index in [0.29, 0.717) is 22.4 Å². The van der Waals surface area contributed by atoms with Gasteiger partial charge in [-0.05, 0) is 26.0 Å². The number of aromatic nitrogens is 4. The minimum atomic E-state index is 0.580. The monoisotopic (exact) mass is 320 g/mol. The van der Waals surface area contributed by atoms with Gasteiger partial charge < -0.3 is 10.6 Å². The van der Waals surface area contributed by atoms with Gasteiger partial charge in [0.05, 0.1) is 22.4 Å². The average molecular weight is 321 g/mol. The SMILES string of the molecule is CCNc1cc(Nc2c(Cl)ccc3nsnc23)nc(C)n1. The number of nitrogens with one attached hydrogen (secondary N) is 2. The van der Waals surface area contributed by atoms with E-state index in [4.69, 9.17) is 11.6 Å². The van der Waals surface area contributed by atoms with Crippen molar-refractivity contribution in [1.29, 1.82) is 0 Å². The Labute approximate surface area is 130 Å². The number of nitrogens with zero attached hydrogens (tertiary/aromatic N) is 4. The lowest BCUT2D eigenvalue weighted by molar-refractivity contribution is 1.04. The highest BCUT2D eigenvalue weighted by Gasteiger charge is 2.11. The summed E-state index contributed by atoms with van der Waals surface area (Å²) in [6, 6.07) is 5.49. The number of rotatable bonds is 4. The summed E-state index contributed by atoms with van der Waals surface area (Å²) < 4.78 is 8.49. The molecule has 1 aromatic carbocycles. The number of anilines is 3. The number of aryl methyl sites for hydroxylation is 1. The van der Waals surface area contributed by atoms with Crippen molar-refractivity contribution in [3.8, 4) is 0 Å². The maximum atomic E-state index is 6.27. The summed E-state index contributed by atoms with van der Waals surface area (Å²) in [5.41, 5.74) is 2.27. The van der Waals surface area contributed by atoms with Crippen molar-refractivity contribution in [2.24, 2.45) is 0 Å². The lowest BCUT2D eigenvalue weighted by Gasteiger charge is -2.10. The van der Waals surface area contributed by atoms with Crippen LogP contribution in [0, 0.1) is 6.92 Å². The molecule has 8 heteroatoms. The summed E-state index contributed by atoms with van der Waals surface area (Å²) in [7, 11) is 0. The Kier molecular flexibility index (Phi) is 3.85. The van der Waals surface area contributed by atoms with E-state index in [1.807, 2.05) is 26.0 Å². The van der Waals surface area contributed by atoms with E-state index in [2.05, 4.69) is 29.3 Å². The third kappa shape index (κ3) is 2.88. The normalized spacial score (nSPS) is 10.8. The van der Waals surface area contributed by atoms with Gasteiger partial charge >= 0.3 is 0 Å². The van der Waals surface area contributed by atoms with Gasteiger partial charge in [-0.1, -0.05) is 11.6 Å². The second-order valence-corrected chi connectivity index (χ2v) is 5.33. The van der Waals surface area contributed by atoms with Crippen molar-refractivity contribution in [2.45, 2.75) is 13.8 Å². The molecular weight excluding hydrogens is 308 g/mol. The van der Waals surface area contributed by atoms with Crippen molar-refractivity contribution >= 4 is 51.7 Å². The highest BCUT2D eigenvalue weighted by molar-refractivity contribution is 7.00. The molecule has 2 aromatic heterocycles. The third-order valence-electron chi connectivity index (χ3n) is 2.83. The molecule has 0 spiro atoms. The molecule has 108 valence electrons. The van der Waals surface area contributed by atoms with Crippen LogP contribution >= 0.6 is 23.3 Å². The quantitative estimate of drug-likeness (QED) is 0.764. The minimum absolute atomic E-state index is 0.580. The van der Waals surface area contributed by atoms with Gasteiger partial charge in [0.15, 0.2) is 0 Å². The topological polar surface area (TPSA) is 75.6 Å². The van der Waals surface area contributed by atoms with Gasteiger partial charge in [-0.3, -0.25) is 0 Å². The zero-order valence-corrected chi connectivity index (χ0v) is 13.1. The number of fused-ring (bicyclic) bond motifs is 1. The largest absolute Gasteiger partial charge is 0.370 e. The van der Waals surface area contributed by atoms with E-state index < -0.39 is 0 Å². The van der Waals surface area contributed by atoms with Crippen LogP contribution in [-0.4, -0.2) is 25.3 Å². The Morgan fingerprint density at radius 1 is 1.19 bits per heavy atom. The molecule has 3 aromatic rings. The average Bonchev–Trinajstić information content (AvgIpc) is 2.90. The van der Waals surface area contributed by atoms with Gasteiger partial charge in [0.25, 0.3) is 0 Å². The predicted octanol–water partition coefficient (Wildman–Crippen LogP) is 3.62. The summed E-state index contributed by atoms with van der Waals surface area (Å²) in [5.74, 6) is 2.11. The Morgan fingerprint density at radius 2 is 2.00 bits per heavy atom. The second kappa shape index (κ2) is 5.79. The van der Waals surface area contributed by atoms with Gasteiger partial charge in [0.2, 0.25) is 0 Å². The Balaban J connectivity index is 2.02. The molecule has 0 fully saturated rings. The maximum Gasteiger partial charge on any atom is 0.136 e. The number of hydrogen-bond donors (Lipinski definition) is 2. The zero-order chi connectivity index (χ0) is 14.8. The molecule has 0 aliphatic carbocycles. The highest BCUT2D eigenvalue weighted by Crippen LogP contribution is 2.32. The first-order chi connectivity index (χ1) is 10.2. The summed E-state index contributed by atoms with van der Waals surface area (Å²) in [5, 5.41) is 6.97. The first-order valence-electron chi connectivity index (χ1n) is 6.44. The van der Waals surface area contributed by atoms with Crippen molar-refractivity contribution in [1.82, 2.24) is 18.7 Å². The molecule has 3 rings (SSSR count). The standard InChI is InChI=1S/C13H13ClN6S/c1-3-15-10-6-11(17-7(2)16-10)18-12-8(14)4-5-9-13(12)20-21-19-9/h4-6H,3H2,1-2H3,(H2,15,16,17,18). The molecule has 21 heavy (non-hydrogen) atoms. The van der Waals surface area contributed by atoms with Crippen LogP contribution in [-0.2, 0) is 0 Å². The fourth-order valence-corrected chi connectivity index (χ4v) is 2.72. The minimum Gasteiger partial charge on any atom is -0.370 e. The van der Waals surface area contributed by atoms with Gasteiger partial charge in [0, 0.05) is 12.6 Å². The van der Waals surface area contributed by atoms with Crippen molar-refractivity contribution in [2.75, 3.05) is 17.2 Å². The zero-order valence-electron chi connectivity index (χ0n) is 11.5. The summed E-state index contributed by atoms with van der Waals surface area (Å²) in [6.45, 7) is 4.66. The third-order valence-corrected chi connectivity index (χ3v) is 3.68. The molecule has 0 unspecified atom stereocenters. The Bertz CT molecular complexity index is 787. The van der Waals surface area contributed by atoms with E-state index >= 15 is 0 Å². The summed E-state index contributed by atoms with van der Waals surface area (Å²) in [6.07, 6.45) is 0. The molecule has 0 bridgehead atoms. The van der Waals surface area contributed by atoms with E-state index in [9.17, 15) is 0 Å². The van der Waals surface area contributed by atoms with E-state index in [1.54, 1.807) is 6.07 Å². The number of halogens is 1.